The van der Waals surface area contributed by atoms with Gasteiger partial charge < -0.3 is 23.3 Å². The largest absolute Gasteiger partial charge is 0.497 e. The van der Waals surface area contributed by atoms with Crippen molar-refractivity contribution in [2.24, 2.45) is 0 Å². The molecule has 0 spiro atoms. The van der Waals surface area contributed by atoms with Crippen LogP contribution in [0.4, 0.5) is 4.39 Å². The second-order valence-corrected chi connectivity index (χ2v) is 10.1. The third-order valence-corrected chi connectivity index (χ3v) is 7.20. The molecule has 0 aliphatic carbocycles. The van der Waals surface area contributed by atoms with Gasteiger partial charge in [-0.1, -0.05) is 12.1 Å². The first kappa shape index (κ1) is 26.4. The van der Waals surface area contributed by atoms with Crippen LogP contribution in [0.1, 0.15) is 28.8 Å². The van der Waals surface area contributed by atoms with E-state index >= 15 is 0 Å². The van der Waals surface area contributed by atoms with Gasteiger partial charge in [0.1, 0.15) is 16.5 Å². The monoisotopic (exact) mass is 529 g/mol. The third-order valence-electron chi connectivity index (χ3n) is 5.96. The van der Waals surface area contributed by atoms with E-state index in [-0.39, 0.29) is 40.5 Å². The second kappa shape index (κ2) is 11.6. The molecule has 0 aromatic heterocycles. The Hall–Kier alpha value is -3.63. The Morgan fingerprint density at radius 1 is 1.03 bits per heavy atom. The van der Waals surface area contributed by atoms with E-state index in [9.17, 15) is 17.6 Å². The van der Waals surface area contributed by atoms with E-state index in [4.69, 9.17) is 18.4 Å². The van der Waals surface area contributed by atoms with Gasteiger partial charge in [0.05, 0.1) is 20.3 Å². The van der Waals surface area contributed by atoms with Crippen molar-refractivity contribution in [2.75, 3.05) is 27.4 Å². The standard InChI is InChI=1S/C27H28FNO7S/c1-33-22-9-11-24(12-10-22)37(31,32)36-26-15-19(8-13-25(26)34-2)17-29(18-23-7-4-14-35-23)27(30)20-5-3-6-21(28)16-20/h3,5-6,8-13,15-16,23H,4,7,14,17-18H2,1-2H3/t23-/m0/s1. The Bertz CT molecular complexity index is 1340. The van der Waals surface area contributed by atoms with E-state index in [1.54, 1.807) is 23.1 Å². The predicted octanol–water partition coefficient (Wildman–Crippen LogP) is 4.43. The van der Waals surface area contributed by atoms with Crippen molar-refractivity contribution in [3.8, 4) is 17.2 Å². The Kier molecular flexibility index (Phi) is 8.30. The molecule has 37 heavy (non-hydrogen) atoms. The first-order valence-corrected chi connectivity index (χ1v) is 13.1. The van der Waals surface area contributed by atoms with Gasteiger partial charge in [0.15, 0.2) is 11.5 Å². The number of nitrogens with zero attached hydrogens (tertiary/aromatic N) is 1. The fraction of sp³-hybridized carbons (Fsp3) is 0.296. The molecule has 1 atom stereocenters. The van der Waals surface area contributed by atoms with Crippen molar-refractivity contribution in [1.82, 2.24) is 4.90 Å². The third kappa shape index (κ3) is 6.58. The molecule has 8 nitrogen and oxygen atoms in total. The molecule has 3 aromatic rings. The Balaban J connectivity index is 1.60. The molecule has 0 N–H and O–H groups in total. The maximum atomic E-state index is 13.8. The summed E-state index contributed by atoms with van der Waals surface area (Å²) in [4.78, 5) is 14.8. The number of carbonyl (C=O) groups excluding carboxylic acids is 1. The Morgan fingerprint density at radius 2 is 1.81 bits per heavy atom. The fourth-order valence-electron chi connectivity index (χ4n) is 4.07. The summed E-state index contributed by atoms with van der Waals surface area (Å²) < 4.78 is 61.2. The lowest BCUT2D eigenvalue weighted by Crippen LogP contribution is -2.37. The summed E-state index contributed by atoms with van der Waals surface area (Å²) in [5.41, 5.74) is 0.813. The highest BCUT2D eigenvalue weighted by Crippen LogP contribution is 2.32. The molecule has 1 amide bonds. The minimum atomic E-state index is -4.18. The minimum Gasteiger partial charge on any atom is -0.497 e. The van der Waals surface area contributed by atoms with Gasteiger partial charge in [0, 0.05) is 25.3 Å². The van der Waals surface area contributed by atoms with E-state index in [1.807, 2.05) is 0 Å². The lowest BCUT2D eigenvalue weighted by Gasteiger charge is -2.26. The van der Waals surface area contributed by atoms with Crippen LogP contribution in [0.25, 0.3) is 0 Å². The number of hydrogen-bond acceptors (Lipinski definition) is 7. The first-order valence-electron chi connectivity index (χ1n) is 11.7. The van der Waals surface area contributed by atoms with Crippen molar-refractivity contribution < 1.29 is 36.0 Å². The molecule has 10 heteroatoms. The number of benzene rings is 3. The van der Waals surface area contributed by atoms with Crippen LogP contribution < -0.4 is 13.7 Å². The smallest absolute Gasteiger partial charge is 0.339 e. The van der Waals surface area contributed by atoms with Crippen molar-refractivity contribution in [3.63, 3.8) is 0 Å². The number of ether oxygens (including phenoxy) is 3. The zero-order valence-electron chi connectivity index (χ0n) is 20.6. The summed E-state index contributed by atoms with van der Waals surface area (Å²) in [6, 6.07) is 16.1. The van der Waals surface area contributed by atoms with E-state index in [1.165, 1.54) is 62.8 Å². The van der Waals surface area contributed by atoms with Gasteiger partial charge in [-0.15, -0.1) is 0 Å². The lowest BCUT2D eigenvalue weighted by atomic mass is 10.1. The number of halogens is 1. The van der Waals surface area contributed by atoms with Crippen molar-refractivity contribution in [1.29, 1.82) is 0 Å². The summed E-state index contributed by atoms with van der Waals surface area (Å²) in [7, 11) is -1.29. The molecule has 1 fully saturated rings. The van der Waals surface area contributed by atoms with E-state index < -0.39 is 15.9 Å². The van der Waals surface area contributed by atoms with Gasteiger partial charge in [-0.2, -0.15) is 8.42 Å². The molecule has 3 aromatic carbocycles. The van der Waals surface area contributed by atoms with Crippen LogP contribution in [0, 0.1) is 5.82 Å². The predicted molar refractivity (Wildman–Crippen MR) is 134 cm³/mol. The molecule has 0 radical (unpaired) electrons. The molecule has 196 valence electrons. The summed E-state index contributed by atoms with van der Waals surface area (Å²) in [5, 5.41) is 0. The van der Waals surface area contributed by atoms with Crippen LogP contribution in [-0.4, -0.2) is 52.7 Å². The summed E-state index contributed by atoms with van der Waals surface area (Å²) in [6.07, 6.45) is 1.57. The number of carbonyl (C=O) groups is 1. The SMILES string of the molecule is COc1ccc(S(=O)(=O)Oc2cc(CN(C[C@@H]3CCCO3)C(=O)c3cccc(F)c3)ccc2OC)cc1. The highest BCUT2D eigenvalue weighted by molar-refractivity contribution is 7.87. The number of rotatable bonds is 10. The molecule has 4 rings (SSSR count). The molecule has 0 saturated carbocycles. The maximum absolute atomic E-state index is 13.8. The fourth-order valence-corrected chi connectivity index (χ4v) is 5.00. The van der Waals surface area contributed by atoms with E-state index in [2.05, 4.69) is 0 Å². The number of methoxy groups -OCH3 is 2. The van der Waals surface area contributed by atoms with Crippen molar-refractivity contribution in [3.05, 3.63) is 83.7 Å². The van der Waals surface area contributed by atoms with Gasteiger partial charge >= 0.3 is 10.1 Å². The maximum Gasteiger partial charge on any atom is 0.339 e. The molecule has 1 aliphatic rings. The van der Waals surface area contributed by atoms with Crippen molar-refractivity contribution in [2.45, 2.75) is 30.4 Å². The van der Waals surface area contributed by atoms with E-state index in [0.717, 1.165) is 12.8 Å². The quantitative estimate of drug-likeness (QED) is 0.359. The van der Waals surface area contributed by atoms with E-state index in [0.29, 0.717) is 24.5 Å². The zero-order chi connectivity index (χ0) is 26.4. The first-order chi connectivity index (χ1) is 17.8. The average Bonchev–Trinajstić information content (AvgIpc) is 3.41. The van der Waals surface area contributed by atoms with Crippen molar-refractivity contribution >= 4 is 16.0 Å². The van der Waals surface area contributed by atoms with Crippen LogP contribution in [0.5, 0.6) is 17.2 Å². The highest BCUT2D eigenvalue weighted by Gasteiger charge is 2.25. The van der Waals surface area contributed by atoms with Crippen LogP contribution >= 0.6 is 0 Å². The van der Waals surface area contributed by atoms with Gasteiger partial charge in [0.2, 0.25) is 0 Å². The highest BCUT2D eigenvalue weighted by atomic mass is 32.2. The normalized spacial score (nSPS) is 15.3. The summed E-state index contributed by atoms with van der Waals surface area (Å²) in [5.74, 6) is -0.173. The Morgan fingerprint density at radius 3 is 2.46 bits per heavy atom. The zero-order valence-corrected chi connectivity index (χ0v) is 21.4. The average molecular weight is 530 g/mol. The summed E-state index contributed by atoms with van der Waals surface area (Å²) in [6.45, 7) is 1.05. The Labute approximate surface area is 215 Å². The minimum absolute atomic E-state index is 0.0221. The van der Waals surface area contributed by atoms with Gasteiger partial charge in [-0.05, 0) is 73.0 Å². The molecule has 0 unspecified atom stereocenters. The number of amides is 1. The van der Waals surface area contributed by atoms with Gasteiger partial charge in [-0.3, -0.25) is 4.79 Å². The van der Waals surface area contributed by atoms with Crippen LogP contribution in [0.3, 0.4) is 0 Å². The topological polar surface area (TPSA) is 91.4 Å². The molecule has 0 bridgehead atoms. The second-order valence-electron chi connectivity index (χ2n) is 8.53. The molecule has 1 heterocycles. The lowest BCUT2D eigenvalue weighted by molar-refractivity contribution is 0.0507. The molecular formula is C27H28FNO7S. The van der Waals surface area contributed by atoms with Crippen LogP contribution in [0.15, 0.2) is 71.6 Å². The van der Waals surface area contributed by atoms with Gasteiger partial charge in [-0.25, -0.2) is 4.39 Å². The van der Waals surface area contributed by atoms with Crippen LogP contribution in [-0.2, 0) is 21.4 Å². The molecule has 1 aliphatic heterocycles. The molecular weight excluding hydrogens is 501 g/mol. The van der Waals surface area contributed by atoms with Crippen LogP contribution in [0.2, 0.25) is 0 Å². The van der Waals surface area contributed by atoms with Gasteiger partial charge in [0.25, 0.3) is 5.91 Å². The number of hydrogen-bond donors (Lipinski definition) is 0. The molecule has 1 saturated heterocycles. The summed E-state index contributed by atoms with van der Waals surface area (Å²) >= 11 is 0.